The zero-order valence-electron chi connectivity index (χ0n) is 10.7. The molecule has 0 radical (unpaired) electrons. The number of benzene rings is 2. The van der Waals surface area contributed by atoms with Crippen LogP contribution in [0.1, 0.15) is 24.0 Å². The summed E-state index contributed by atoms with van der Waals surface area (Å²) in [6.07, 6.45) is 4.97. The van der Waals surface area contributed by atoms with E-state index in [1.165, 1.54) is 36.8 Å². The molecule has 0 saturated carbocycles. The van der Waals surface area contributed by atoms with Crippen LogP contribution in [0.15, 0.2) is 36.4 Å². The van der Waals surface area contributed by atoms with E-state index in [1.807, 2.05) is 18.2 Å². The summed E-state index contributed by atoms with van der Waals surface area (Å²) in [5.41, 5.74) is 9.43. The summed E-state index contributed by atoms with van der Waals surface area (Å²) >= 11 is 2.25. The van der Waals surface area contributed by atoms with Crippen LogP contribution in [0.25, 0.3) is 0 Å². The Morgan fingerprint density at radius 3 is 2.53 bits per heavy atom. The summed E-state index contributed by atoms with van der Waals surface area (Å²) in [4.78, 5) is 0. The first-order chi connectivity index (χ1) is 9.22. The number of nitrogen functional groups attached to an aromatic ring is 1. The highest BCUT2D eigenvalue weighted by Crippen LogP contribution is 2.31. The van der Waals surface area contributed by atoms with Crippen molar-refractivity contribution >= 4 is 28.3 Å². The molecule has 0 saturated heterocycles. The predicted molar refractivity (Wildman–Crippen MR) is 86.7 cm³/mol. The SMILES string of the molecule is Nc1ccc(Oc2ccc3c(c2)CCCC3)c(I)c1. The molecule has 3 rings (SSSR count). The van der Waals surface area contributed by atoms with Crippen molar-refractivity contribution in [3.05, 3.63) is 51.1 Å². The smallest absolute Gasteiger partial charge is 0.140 e. The average molecular weight is 365 g/mol. The molecule has 19 heavy (non-hydrogen) atoms. The number of hydrogen-bond donors (Lipinski definition) is 1. The molecule has 0 bridgehead atoms. The Labute approximate surface area is 127 Å². The van der Waals surface area contributed by atoms with Crippen LogP contribution in [0.3, 0.4) is 0 Å². The van der Waals surface area contributed by atoms with E-state index in [0.29, 0.717) is 0 Å². The van der Waals surface area contributed by atoms with Crippen molar-refractivity contribution in [2.75, 3.05) is 5.73 Å². The van der Waals surface area contributed by atoms with Gasteiger partial charge in [0.2, 0.25) is 0 Å². The van der Waals surface area contributed by atoms with Gasteiger partial charge in [-0.3, -0.25) is 0 Å². The lowest BCUT2D eigenvalue weighted by molar-refractivity contribution is 0.477. The summed E-state index contributed by atoms with van der Waals surface area (Å²) in [7, 11) is 0. The molecule has 1 aliphatic carbocycles. The maximum Gasteiger partial charge on any atom is 0.140 e. The predicted octanol–water partition coefficient (Wildman–Crippen LogP) is 4.54. The second kappa shape index (κ2) is 5.41. The van der Waals surface area contributed by atoms with Crippen molar-refractivity contribution in [2.45, 2.75) is 25.7 Å². The summed E-state index contributed by atoms with van der Waals surface area (Å²) in [5.74, 6) is 1.79. The van der Waals surface area contributed by atoms with Crippen LogP contribution >= 0.6 is 22.6 Å². The van der Waals surface area contributed by atoms with E-state index in [0.717, 1.165) is 20.8 Å². The van der Waals surface area contributed by atoms with E-state index in [4.69, 9.17) is 10.5 Å². The van der Waals surface area contributed by atoms with Crippen LogP contribution in [-0.2, 0) is 12.8 Å². The fourth-order valence-corrected chi connectivity index (χ4v) is 3.15. The maximum atomic E-state index is 5.97. The van der Waals surface area contributed by atoms with Gasteiger partial charge in [-0.2, -0.15) is 0 Å². The van der Waals surface area contributed by atoms with Gasteiger partial charge in [0.05, 0.1) is 3.57 Å². The Balaban J connectivity index is 1.87. The number of aryl methyl sites for hydroxylation is 2. The number of halogens is 1. The summed E-state index contributed by atoms with van der Waals surface area (Å²) < 4.78 is 7.00. The van der Waals surface area contributed by atoms with Gasteiger partial charge in [-0.05, 0) is 89.7 Å². The molecular formula is C16H16INO. The fraction of sp³-hybridized carbons (Fsp3) is 0.250. The molecule has 3 heteroatoms. The largest absolute Gasteiger partial charge is 0.456 e. The highest BCUT2D eigenvalue weighted by Gasteiger charge is 2.11. The Bertz CT molecular complexity index is 610. The zero-order chi connectivity index (χ0) is 13.2. The minimum Gasteiger partial charge on any atom is -0.456 e. The third kappa shape index (κ3) is 2.86. The van der Waals surface area contributed by atoms with Gasteiger partial charge < -0.3 is 10.5 Å². The lowest BCUT2D eigenvalue weighted by atomic mass is 9.92. The van der Waals surface area contributed by atoms with Gasteiger partial charge >= 0.3 is 0 Å². The first-order valence-electron chi connectivity index (χ1n) is 6.57. The zero-order valence-corrected chi connectivity index (χ0v) is 12.8. The van der Waals surface area contributed by atoms with E-state index < -0.39 is 0 Å². The van der Waals surface area contributed by atoms with E-state index in [9.17, 15) is 0 Å². The number of hydrogen-bond acceptors (Lipinski definition) is 2. The van der Waals surface area contributed by atoms with Crippen LogP contribution in [0.4, 0.5) is 5.69 Å². The van der Waals surface area contributed by atoms with E-state index in [-0.39, 0.29) is 0 Å². The highest BCUT2D eigenvalue weighted by molar-refractivity contribution is 14.1. The molecular weight excluding hydrogens is 349 g/mol. The number of nitrogens with two attached hydrogens (primary N) is 1. The normalized spacial score (nSPS) is 13.9. The second-order valence-electron chi connectivity index (χ2n) is 4.93. The first kappa shape index (κ1) is 12.8. The lowest BCUT2D eigenvalue weighted by Crippen LogP contribution is -2.02. The molecule has 2 nitrogen and oxygen atoms in total. The summed E-state index contributed by atoms with van der Waals surface area (Å²) in [5, 5.41) is 0. The van der Waals surface area contributed by atoms with Crippen LogP contribution < -0.4 is 10.5 Å². The Kier molecular flexibility index (Phi) is 3.64. The molecule has 0 heterocycles. The van der Waals surface area contributed by atoms with Crippen molar-refractivity contribution in [3.8, 4) is 11.5 Å². The molecule has 0 amide bonds. The van der Waals surface area contributed by atoms with Crippen molar-refractivity contribution < 1.29 is 4.74 Å². The van der Waals surface area contributed by atoms with Crippen molar-refractivity contribution in [2.24, 2.45) is 0 Å². The van der Waals surface area contributed by atoms with Crippen LogP contribution in [0.5, 0.6) is 11.5 Å². The third-order valence-corrected chi connectivity index (χ3v) is 4.35. The van der Waals surface area contributed by atoms with E-state index in [1.54, 1.807) is 0 Å². The number of anilines is 1. The molecule has 0 spiro atoms. The van der Waals surface area contributed by atoms with Crippen LogP contribution in [0.2, 0.25) is 0 Å². The molecule has 0 fully saturated rings. The molecule has 98 valence electrons. The van der Waals surface area contributed by atoms with Crippen molar-refractivity contribution in [3.63, 3.8) is 0 Å². The van der Waals surface area contributed by atoms with Crippen molar-refractivity contribution in [1.82, 2.24) is 0 Å². The maximum absolute atomic E-state index is 5.97. The lowest BCUT2D eigenvalue weighted by Gasteiger charge is -2.17. The van der Waals surface area contributed by atoms with Crippen molar-refractivity contribution in [1.29, 1.82) is 0 Å². The molecule has 2 N–H and O–H groups in total. The molecule has 0 atom stereocenters. The summed E-state index contributed by atoms with van der Waals surface area (Å²) in [6.45, 7) is 0. The second-order valence-corrected chi connectivity index (χ2v) is 6.09. The number of ether oxygens (including phenoxy) is 1. The van der Waals surface area contributed by atoms with Gasteiger partial charge in [0.25, 0.3) is 0 Å². The van der Waals surface area contributed by atoms with Gasteiger partial charge in [-0.1, -0.05) is 6.07 Å². The number of fused-ring (bicyclic) bond motifs is 1. The molecule has 0 aromatic heterocycles. The topological polar surface area (TPSA) is 35.2 Å². The quantitative estimate of drug-likeness (QED) is 0.626. The van der Waals surface area contributed by atoms with Gasteiger partial charge in [-0.25, -0.2) is 0 Å². The molecule has 0 unspecified atom stereocenters. The average Bonchev–Trinajstić information content (AvgIpc) is 2.42. The van der Waals surface area contributed by atoms with Gasteiger partial charge in [-0.15, -0.1) is 0 Å². The van der Waals surface area contributed by atoms with Gasteiger partial charge in [0.15, 0.2) is 0 Å². The molecule has 1 aliphatic rings. The number of rotatable bonds is 2. The highest BCUT2D eigenvalue weighted by atomic mass is 127. The standard InChI is InChI=1S/C16H16INO/c17-15-10-13(18)6-8-16(15)19-14-7-5-11-3-1-2-4-12(11)9-14/h5-10H,1-4,18H2. The Morgan fingerprint density at radius 1 is 0.947 bits per heavy atom. The Morgan fingerprint density at radius 2 is 1.74 bits per heavy atom. The fourth-order valence-electron chi connectivity index (χ4n) is 2.50. The minimum absolute atomic E-state index is 0.766. The summed E-state index contributed by atoms with van der Waals surface area (Å²) in [6, 6.07) is 12.2. The van der Waals surface area contributed by atoms with Crippen LogP contribution in [-0.4, -0.2) is 0 Å². The van der Waals surface area contributed by atoms with E-state index in [2.05, 4.69) is 40.8 Å². The first-order valence-corrected chi connectivity index (χ1v) is 7.65. The minimum atomic E-state index is 0.766. The monoisotopic (exact) mass is 365 g/mol. The van der Waals surface area contributed by atoms with Gasteiger partial charge in [0, 0.05) is 5.69 Å². The molecule has 2 aromatic rings. The molecule has 0 aliphatic heterocycles. The van der Waals surface area contributed by atoms with Crippen LogP contribution in [0, 0.1) is 3.57 Å². The van der Waals surface area contributed by atoms with E-state index >= 15 is 0 Å². The third-order valence-electron chi connectivity index (χ3n) is 3.50. The van der Waals surface area contributed by atoms with Gasteiger partial charge in [0.1, 0.15) is 11.5 Å². The Hall–Kier alpha value is -1.23. The molecule has 2 aromatic carbocycles.